The lowest BCUT2D eigenvalue weighted by Gasteiger charge is -2.13. The standard InChI is InChI=1S/C24H21NOS/c1-26-18-11-7-10-17(14-18)21-15-20(16-8-3-2-4-9-16)23-19-12-5-6-13-22(19)27-24(23)25-21/h2-4,7-11,14-15H,5-6,12-13H2,1H3. The topological polar surface area (TPSA) is 22.1 Å². The lowest BCUT2D eigenvalue weighted by Crippen LogP contribution is -1.99. The second-order valence-corrected chi connectivity index (χ2v) is 8.13. The van der Waals surface area contributed by atoms with Crippen LogP contribution in [0.2, 0.25) is 0 Å². The molecule has 0 amide bonds. The highest BCUT2D eigenvalue weighted by Crippen LogP contribution is 2.42. The summed E-state index contributed by atoms with van der Waals surface area (Å²) in [5, 5.41) is 1.37. The van der Waals surface area contributed by atoms with Crippen molar-refractivity contribution in [3.05, 3.63) is 71.1 Å². The van der Waals surface area contributed by atoms with Gasteiger partial charge in [0.1, 0.15) is 10.6 Å². The number of ether oxygens (including phenoxy) is 1. The molecule has 134 valence electrons. The summed E-state index contributed by atoms with van der Waals surface area (Å²) in [6.07, 6.45) is 4.95. The van der Waals surface area contributed by atoms with Gasteiger partial charge < -0.3 is 4.74 Å². The highest BCUT2D eigenvalue weighted by Gasteiger charge is 2.21. The molecular weight excluding hydrogens is 350 g/mol. The third kappa shape index (κ3) is 2.92. The van der Waals surface area contributed by atoms with Crippen molar-refractivity contribution in [2.75, 3.05) is 7.11 Å². The summed E-state index contributed by atoms with van der Waals surface area (Å²) in [4.78, 5) is 7.77. The van der Waals surface area contributed by atoms with Gasteiger partial charge in [-0.3, -0.25) is 0 Å². The zero-order valence-electron chi connectivity index (χ0n) is 15.4. The van der Waals surface area contributed by atoms with Crippen LogP contribution in [0.25, 0.3) is 32.6 Å². The highest BCUT2D eigenvalue weighted by molar-refractivity contribution is 7.19. The van der Waals surface area contributed by atoms with Crippen molar-refractivity contribution in [3.8, 4) is 28.1 Å². The molecule has 4 aromatic rings. The van der Waals surface area contributed by atoms with Crippen LogP contribution in [-0.2, 0) is 12.8 Å². The van der Waals surface area contributed by atoms with E-state index in [0.717, 1.165) is 17.0 Å². The van der Waals surface area contributed by atoms with Crippen LogP contribution < -0.4 is 4.74 Å². The van der Waals surface area contributed by atoms with Crippen LogP contribution in [0.5, 0.6) is 5.75 Å². The molecule has 27 heavy (non-hydrogen) atoms. The van der Waals surface area contributed by atoms with E-state index >= 15 is 0 Å². The van der Waals surface area contributed by atoms with E-state index in [1.807, 2.05) is 23.5 Å². The molecule has 2 aromatic heterocycles. The predicted molar refractivity (Wildman–Crippen MR) is 114 cm³/mol. The number of aryl methyl sites for hydroxylation is 2. The van der Waals surface area contributed by atoms with Gasteiger partial charge in [-0.25, -0.2) is 4.98 Å². The molecule has 0 bridgehead atoms. The van der Waals surface area contributed by atoms with Crippen molar-refractivity contribution >= 4 is 21.6 Å². The molecule has 5 rings (SSSR count). The Balaban J connectivity index is 1.79. The van der Waals surface area contributed by atoms with Gasteiger partial charge in [-0.2, -0.15) is 0 Å². The van der Waals surface area contributed by atoms with E-state index in [2.05, 4.69) is 48.5 Å². The molecule has 2 aromatic carbocycles. The fourth-order valence-electron chi connectivity index (χ4n) is 4.03. The minimum absolute atomic E-state index is 0.862. The first kappa shape index (κ1) is 16.5. The molecule has 0 fully saturated rings. The van der Waals surface area contributed by atoms with Crippen LogP contribution >= 0.6 is 11.3 Å². The Bertz CT molecular complexity index is 1110. The van der Waals surface area contributed by atoms with Crippen LogP contribution in [0.15, 0.2) is 60.7 Å². The fraction of sp³-hybridized carbons (Fsp3) is 0.208. The van der Waals surface area contributed by atoms with Gasteiger partial charge in [0.2, 0.25) is 0 Å². The van der Waals surface area contributed by atoms with E-state index in [1.165, 1.54) is 57.5 Å². The van der Waals surface area contributed by atoms with Crippen LogP contribution in [0.3, 0.4) is 0 Å². The quantitative estimate of drug-likeness (QED) is 0.409. The Hall–Kier alpha value is -2.65. The highest BCUT2D eigenvalue weighted by atomic mass is 32.1. The average Bonchev–Trinajstić information content (AvgIpc) is 3.12. The van der Waals surface area contributed by atoms with E-state index < -0.39 is 0 Å². The van der Waals surface area contributed by atoms with Gasteiger partial charge in [0.05, 0.1) is 12.8 Å². The first-order valence-electron chi connectivity index (χ1n) is 9.48. The van der Waals surface area contributed by atoms with E-state index in [4.69, 9.17) is 9.72 Å². The number of rotatable bonds is 3. The van der Waals surface area contributed by atoms with Gasteiger partial charge in [-0.05, 0) is 60.6 Å². The first-order valence-corrected chi connectivity index (χ1v) is 10.3. The molecular formula is C24H21NOS. The van der Waals surface area contributed by atoms with Gasteiger partial charge in [0.25, 0.3) is 0 Å². The Labute approximate surface area is 163 Å². The number of thiophene rings is 1. The fourth-order valence-corrected chi connectivity index (χ4v) is 5.32. The molecule has 0 saturated heterocycles. The van der Waals surface area contributed by atoms with Crippen molar-refractivity contribution in [2.45, 2.75) is 25.7 Å². The number of aromatic nitrogens is 1. The Kier molecular flexibility index (Phi) is 4.17. The van der Waals surface area contributed by atoms with Crippen LogP contribution in [0.1, 0.15) is 23.3 Å². The summed E-state index contributed by atoms with van der Waals surface area (Å²) >= 11 is 1.88. The number of pyridine rings is 1. The van der Waals surface area contributed by atoms with Crippen molar-refractivity contribution in [1.29, 1.82) is 0 Å². The minimum Gasteiger partial charge on any atom is -0.497 e. The molecule has 2 nitrogen and oxygen atoms in total. The number of hydrogen-bond donors (Lipinski definition) is 0. The summed E-state index contributed by atoms with van der Waals surface area (Å²) in [5.41, 5.74) is 6.21. The van der Waals surface area contributed by atoms with Crippen molar-refractivity contribution in [1.82, 2.24) is 4.98 Å². The van der Waals surface area contributed by atoms with E-state index in [9.17, 15) is 0 Å². The first-order chi connectivity index (χ1) is 13.3. The van der Waals surface area contributed by atoms with Crippen molar-refractivity contribution in [3.63, 3.8) is 0 Å². The summed E-state index contributed by atoms with van der Waals surface area (Å²) in [6, 6.07) is 21.2. The van der Waals surface area contributed by atoms with Crippen LogP contribution in [-0.4, -0.2) is 12.1 Å². The monoisotopic (exact) mass is 371 g/mol. The molecule has 3 heteroatoms. The molecule has 0 radical (unpaired) electrons. The predicted octanol–water partition coefficient (Wildman–Crippen LogP) is 6.52. The minimum atomic E-state index is 0.862. The molecule has 1 aliphatic carbocycles. The maximum atomic E-state index is 5.42. The number of methoxy groups -OCH3 is 1. The second-order valence-electron chi connectivity index (χ2n) is 7.04. The molecule has 0 unspecified atom stereocenters. The van der Waals surface area contributed by atoms with E-state index in [1.54, 1.807) is 7.11 Å². The Morgan fingerprint density at radius 3 is 2.56 bits per heavy atom. The van der Waals surface area contributed by atoms with Crippen molar-refractivity contribution in [2.24, 2.45) is 0 Å². The number of benzene rings is 2. The smallest absolute Gasteiger partial charge is 0.125 e. The summed E-state index contributed by atoms with van der Waals surface area (Å²) in [6.45, 7) is 0. The van der Waals surface area contributed by atoms with E-state index in [0.29, 0.717) is 0 Å². The largest absolute Gasteiger partial charge is 0.497 e. The second kappa shape index (κ2) is 6.82. The average molecular weight is 372 g/mol. The molecule has 2 heterocycles. The molecule has 0 spiro atoms. The zero-order chi connectivity index (χ0) is 18.2. The normalized spacial score (nSPS) is 13.5. The van der Waals surface area contributed by atoms with Crippen LogP contribution in [0, 0.1) is 0 Å². The number of hydrogen-bond acceptors (Lipinski definition) is 3. The molecule has 0 aliphatic heterocycles. The summed E-state index contributed by atoms with van der Waals surface area (Å²) in [7, 11) is 1.71. The molecule has 1 aliphatic rings. The third-order valence-corrected chi connectivity index (χ3v) is 6.56. The van der Waals surface area contributed by atoms with Gasteiger partial charge in [-0.1, -0.05) is 42.5 Å². The van der Waals surface area contributed by atoms with Crippen molar-refractivity contribution < 1.29 is 4.74 Å². The zero-order valence-corrected chi connectivity index (χ0v) is 16.2. The summed E-state index contributed by atoms with van der Waals surface area (Å²) < 4.78 is 5.42. The number of fused-ring (bicyclic) bond motifs is 3. The van der Waals surface area contributed by atoms with Gasteiger partial charge in [0, 0.05) is 15.8 Å². The molecule has 0 saturated carbocycles. The lowest BCUT2D eigenvalue weighted by molar-refractivity contribution is 0.415. The lowest BCUT2D eigenvalue weighted by atomic mass is 9.92. The number of nitrogens with zero attached hydrogens (tertiary/aromatic N) is 1. The van der Waals surface area contributed by atoms with Gasteiger partial charge in [0.15, 0.2) is 0 Å². The Morgan fingerprint density at radius 1 is 0.889 bits per heavy atom. The molecule has 0 N–H and O–H groups in total. The third-order valence-electron chi connectivity index (χ3n) is 5.38. The Morgan fingerprint density at radius 2 is 1.70 bits per heavy atom. The SMILES string of the molecule is COc1cccc(-c2cc(-c3ccccc3)c3c4c(sc3n2)CCCC4)c1. The van der Waals surface area contributed by atoms with Gasteiger partial charge >= 0.3 is 0 Å². The van der Waals surface area contributed by atoms with Crippen LogP contribution in [0.4, 0.5) is 0 Å². The van der Waals surface area contributed by atoms with E-state index in [-0.39, 0.29) is 0 Å². The maximum Gasteiger partial charge on any atom is 0.125 e. The maximum absolute atomic E-state index is 5.42. The van der Waals surface area contributed by atoms with Gasteiger partial charge in [-0.15, -0.1) is 11.3 Å². The molecule has 0 atom stereocenters. The summed E-state index contributed by atoms with van der Waals surface area (Å²) in [5.74, 6) is 0.862.